The number of carbonyl (C=O) groups excluding carboxylic acids is 1. The number of carbonyl (C=O) groups is 1. The number of aromatic amines is 1. The van der Waals surface area contributed by atoms with Crippen LogP contribution < -0.4 is 4.74 Å². The lowest BCUT2D eigenvalue weighted by atomic mass is 9.96. The summed E-state index contributed by atoms with van der Waals surface area (Å²) in [5, 5.41) is 1.05. The summed E-state index contributed by atoms with van der Waals surface area (Å²) in [7, 11) is 0. The maximum atomic E-state index is 11.3. The summed E-state index contributed by atoms with van der Waals surface area (Å²) in [6, 6.07) is 7.82. The Labute approximate surface area is 99.8 Å². The molecule has 0 radical (unpaired) electrons. The van der Waals surface area contributed by atoms with Crippen LogP contribution in [0.15, 0.2) is 24.3 Å². The molecule has 0 atom stereocenters. The van der Waals surface area contributed by atoms with Crippen LogP contribution in [0.5, 0.6) is 5.75 Å². The highest BCUT2D eigenvalue weighted by Crippen LogP contribution is 2.27. The molecule has 1 heterocycles. The molecule has 3 nitrogen and oxygen atoms in total. The number of ketones is 1. The molecule has 1 aliphatic rings. The number of aromatic nitrogens is 1. The number of H-pyrrole nitrogens is 1. The van der Waals surface area contributed by atoms with Crippen molar-refractivity contribution in [2.45, 2.75) is 32.3 Å². The molecule has 3 heteroatoms. The third-order valence-electron chi connectivity index (χ3n) is 3.33. The Morgan fingerprint density at radius 3 is 2.82 bits per heavy atom. The van der Waals surface area contributed by atoms with Gasteiger partial charge in [0, 0.05) is 23.9 Å². The van der Waals surface area contributed by atoms with Gasteiger partial charge in [0.2, 0.25) is 0 Å². The van der Waals surface area contributed by atoms with Crippen molar-refractivity contribution < 1.29 is 9.53 Å². The summed E-state index contributed by atoms with van der Waals surface area (Å²) in [6.45, 7) is 1.57. The van der Waals surface area contributed by atoms with Crippen LogP contribution in [0.2, 0.25) is 0 Å². The SMILES string of the molecule is CC(=O)c1cc2ccc(OC3CCC3)cc2[nH]1. The van der Waals surface area contributed by atoms with Gasteiger partial charge in [0.15, 0.2) is 5.78 Å². The zero-order chi connectivity index (χ0) is 11.8. The zero-order valence-corrected chi connectivity index (χ0v) is 9.82. The molecule has 88 valence electrons. The molecule has 0 amide bonds. The van der Waals surface area contributed by atoms with E-state index in [0.717, 1.165) is 29.5 Å². The number of benzene rings is 1. The maximum absolute atomic E-state index is 11.3. The highest BCUT2D eigenvalue weighted by Gasteiger charge is 2.19. The summed E-state index contributed by atoms with van der Waals surface area (Å²) < 4.78 is 5.82. The van der Waals surface area contributed by atoms with Gasteiger partial charge < -0.3 is 9.72 Å². The third-order valence-corrected chi connectivity index (χ3v) is 3.33. The minimum atomic E-state index is 0.0580. The first-order valence-corrected chi connectivity index (χ1v) is 6.03. The van der Waals surface area contributed by atoms with Crippen molar-refractivity contribution >= 4 is 16.7 Å². The standard InChI is InChI=1S/C14H15NO2/c1-9(16)13-7-10-5-6-12(8-14(10)15-13)17-11-3-2-4-11/h5-8,11,15H,2-4H2,1H3. The highest BCUT2D eigenvalue weighted by atomic mass is 16.5. The summed E-state index contributed by atoms with van der Waals surface area (Å²) in [6.07, 6.45) is 3.96. The molecule has 1 aromatic heterocycles. The number of nitrogens with one attached hydrogen (secondary N) is 1. The normalized spacial score (nSPS) is 15.8. The monoisotopic (exact) mass is 229 g/mol. The van der Waals surface area contributed by atoms with E-state index in [-0.39, 0.29) is 5.78 Å². The van der Waals surface area contributed by atoms with E-state index >= 15 is 0 Å². The molecular weight excluding hydrogens is 214 g/mol. The Balaban J connectivity index is 1.91. The van der Waals surface area contributed by atoms with Gasteiger partial charge in [-0.15, -0.1) is 0 Å². The summed E-state index contributed by atoms with van der Waals surface area (Å²) >= 11 is 0. The fraction of sp³-hybridized carbons (Fsp3) is 0.357. The van der Waals surface area contributed by atoms with Gasteiger partial charge in [0.1, 0.15) is 5.75 Å². The minimum absolute atomic E-state index is 0.0580. The zero-order valence-electron chi connectivity index (χ0n) is 9.82. The second-order valence-electron chi connectivity index (χ2n) is 4.66. The number of Topliss-reactive ketones (excluding diaryl/α,β-unsaturated/α-hetero) is 1. The summed E-state index contributed by atoms with van der Waals surface area (Å²) in [5.74, 6) is 0.946. The molecule has 1 N–H and O–H groups in total. The molecular formula is C14H15NO2. The lowest BCUT2D eigenvalue weighted by Crippen LogP contribution is -2.24. The first-order chi connectivity index (χ1) is 8.22. The molecule has 1 fully saturated rings. The fourth-order valence-electron chi connectivity index (χ4n) is 2.05. The topological polar surface area (TPSA) is 42.1 Å². The molecule has 1 aliphatic carbocycles. The molecule has 3 rings (SSSR count). The Morgan fingerprint density at radius 1 is 1.35 bits per heavy atom. The smallest absolute Gasteiger partial charge is 0.175 e. The largest absolute Gasteiger partial charge is 0.490 e. The van der Waals surface area contributed by atoms with E-state index in [1.165, 1.54) is 6.42 Å². The van der Waals surface area contributed by atoms with Crippen molar-refractivity contribution in [1.29, 1.82) is 0 Å². The summed E-state index contributed by atoms with van der Waals surface area (Å²) in [5.41, 5.74) is 1.62. The molecule has 0 spiro atoms. The summed E-state index contributed by atoms with van der Waals surface area (Å²) in [4.78, 5) is 14.4. The van der Waals surface area contributed by atoms with Crippen molar-refractivity contribution in [2.75, 3.05) is 0 Å². The van der Waals surface area contributed by atoms with E-state index in [1.807, 2.05) is 24.3 Å². The Kier molecular flexibility index (Phi) is 2.39. The Morgan fingerprint density at radius 2 is 2.18 bits per heavy atom. The lowest BCUT2D eigenvalue weighted by molar-refractivity contribution is 0.101. The quantitative estimate of drug-likeness (QED) is 0.820. The first kappa shape index (κ1) is 10.4. The van der Waals surface area contributed by atoms with Crippen molar-refractivity contribution in [3.8, 4) is 5.75 Å². The number of fused-ring (bicyclic) bond motifs is 1. The predicted octanol–water partition coefficient (Wildman–Crippen LogP) is 3.30. The van der Waals surface area contributed by atoms with Gasteiger partial charge in [-0.25, -0.2) is 0 Å². The predicted molar refractivity (Wildman–Crippen MR) is 66.6 cm³/mol. The molecule has 2 aromatic rings. The molecule has 0 aliphatic heterocycles. The number of ether oxygens (including phenoxy) is 1. The molecule has 1 aromatic carbocycles. The van der Waals surface area contributed by atoms with Crippen molar-refractivity contribution in [1.82, 2.24) is 4.98 Å². The Hall–Kier alpha value is -1.77. The van der Waals surface area contributed by atoms with Crippen molar-refractivity contribution in [2.24, 2.45) is 0 Å². The van der Waals surface area contributed by atoms with Crippen LogP contribution >= 0.6 is 0 Å². The number of hydrogen-bond acceptors (Lipinski definition) is 2. The molecule has 0 unspecified atom stereocenters. The molecule has 1 saturated carbocycles. The van der Waals surface area contributed by atoms with E-state index in [9.17, 15) is 4.79 Å². The average Bonchev–Trinajstić information content (AvgIpc) is 2.66. The van der Waals surface area contributed by atoms with Crippen LogP contribution in [0.3, 0.4) is 0 Å². The second-order valence-corrected chi connectivity index (χ2v) is 4.66. The molecule has 0 saturated heterocycles. The van der Waals surface area contributed by atoms with E-state index in [4.69, 9.17) is 4.74 Å². The Bertz CT molecular complexity index is 567. The van der Waals surface area contributed by atoms with Crippen LogP contribution in [-0.4, -0.2) is 16.9 Å². The van der Waals surface area contributed by atoms with Gasteiger partial charge in [-0.1, -0.05) is 0 Å². The van der Waals surface area contributed by atoms with Gasteiger partial charge in [-0.2, -0.15) is 0 Å². The van der Waals surface area contributed by atoms with E-state index in [0.29, 0.717) is 11.8 Å². The van der Waals surface area contributed by atoms with E-state index in [2.05, 4.69) is 4.98 Å². The van der Waals surface area contributed by atoms with Gasteiger partial charge in [0.25, 0.3) is 0 Å². The van der Waals surface area contributed by atoms with Gasteiger partial charge in [0.05, 0.1) is 11.8 Å². The van der Waals surface area contributed by atoms with Crippen LogP contribution in [0.25, 0.3) is 10.9 Å². The average molecular weight is 229 g/mol. The van der Waals surface area contributed by atoms with Crippen molar-refractivity contribution in [3.63, 3.8) is 0 Å². The van der Waals surface area contributed by atoms with Gasteiger partial charge in [-0.05, 0) is 37.5 Å². The number of rotatable bonds is 3. The van der Waals surface area contributed by atoms with Gasteiger partial charge in [-0.3, -0.25) is 4.79 Å². The highest BCUT2D eigenvalue weighted by molar-refractivity contribution is 5.98. The third kappa shape index (κ3) is 1.93. The minimum Gasteiger partial charge on any atom is -0.490 e. The first-order valence-electron chi connectivity index (χ1n) is 6.03. The molecule has 17 heavy (non-hydrogen) atoms. The fourth-order valence-corrected chi connectivity index (χ4v) is 2.05. The van der Waals surface area contributed by atoms with Crippen molar-refractivity contribution in [3.05, 3.63) is 30.0 Å². The van der Waals surface area contributed by atoms with Crippen LogP contribution in [0.4, 0.5) is 0 Å². The maximum Gasteiger partial charge on any atom is 0.175 e. The van der Waals surface area contributed by atoms with E-state index < -0.39 is 0 Å². The van der Waals surface area contributed by atoms with E-state index in [1.54, 1.807) is 6.92 Å². The lowest BCUT2D eigenvalue weighted by Gasteiger charge is -2.26. The second kappa shape index (κ2) is 3.91. The van der Waals surface area contributed by atoms with Gasteiger partial charge >= 0.3 is 0 Å². The van der Waals surface area contributed by atoms with Crippen LogP contribution in [-0.2, 0) is 0 Å². The number of hydrogen-bond donors (Lipinski definition) is 1. The molecule has 0 bridgehead atoms. The van der Waals surface area contributed by atoms with Crippen LogP contribution in [0, 0.1) is 0 Å². The van der Waals surface area contributed by atoms with Crippen LogP contribution in [0.1, 0.15) is 36.7 Å².